The Kier molecular flexibility index (Phi) is 7.76. The maximum Gasteiger partial charge on any atom is 0.247 e. The molecule has 32 heavy (non-hydrogen) atoms. The van der Waals surface area contributed by atoms with Gasteiger partial charge in [0.15, 0.2) is 0 Å². The Labute approximate surface area is 195 Å². The summed E-state index contributed by atoms with van der Waals surface area (Å²) in [6.45, 7) is 12.4. The number of nitrogens with zero attached hydrogens (tertiary/aromatic N) is 3. The minimum Gasteiger partial charge on any atom is -0.395 e. The lowest BCUT2D eigenvalue weighted by molar-refractivity contribution is -0.145. The van der Waals surface area contributed by atoms with E-state index in [1.165, 1.54) is 0 Å². The van der Waals surface area contributed by atoms with Gasteiger partial charge in [-0.2, -0.15) is 0 Å². The van der Waals surface area contributed by atoms with Crippen LogP contribution < -0.4 is 0 Å². The van der Waals surface area contributed by atoms with Crippen LogP contribution in [0.3, 0.4) is 0 Å². The summed E-state index contributed by atoms with van der Waals surface area (Å²) >= 11 is 1.66. The summed E-state index contributed by atoms with van der Waals surface area (Å²) in [5.74, 6) is -1.28. The van der Waals surface area contributed by atoms with Crippen molar-refractivity contribution >= 4 is 29.5 Å². The first-order chi connectivity index (χ1) is 15.3. The Morgan fingerprint density at radius 3 is 2.59 bits per heavy atom. The number of carbonyl (C=O) groups is 3. The summed E-state index contributed by atoms with van der Waals surface area (Å²) in [4.78, 5) is 46.0. The number of aliphatic hydroxyl groups excluding tert-OH is 1. The molecule has 0 radical (unpaired) electrons. The van der Waals surface area contributed by atoms with Crippen molar-refractivity contribution in [2.45, 2.75) is 61.6 Å². The summed E-state index contributed by atoms with van der Waals surface area (Å²) in [6, 6.07) is -0.643. The highest BCUT2D eigenvalue weighted by atomic mass is 32.2. The number of β-amino-alcohol motifs (C(OH)–C–C–N with tert-alkyl or cyclic N) is 1. The van der Waals surface area contributed by atoms with Crippen LogP contribution in [0.5, 0.6) is 0 Å². The predicted molar refractivity (Wildman–Crippen MR) is 127 cm³/mol. The van der Waals surface area contributed by atoms with Gasteiger partial charge in [0, 0.05) is 38.0 Å². The van der Waals surface area contributed by atoms with Gasteiger partial charge in [-0.3, -0.25) is 14.4 Å². The summed E-state index contributed by atoms with van der Waals surface area (Å²) in [5.41, 5.74) is 0. The van der Waals surface area contributed by atoms with E-state index in [1.54, 1.807) is 40.8 Å². The fraction of sp³-hybridized carbons (Fsp3) is 0.708. The van der Waals surface area contributed by atoms with Crippen LogP contribution in [0.15, 0.2) is 25.3 Å². The van der Waals surface area contributed by atoms with E-state index >= 15 is 0 Å². The van der Waals surface area contributed by atoms with Gasteiger partial charge in [-0.1, -0.05) is 25.5 Å². The molecule has 3 fully saturated rings. The van der Waals surface area contributed by atoms with Crippen LogP contribution in [0, 0.1) is 11.8 Å². The van der Waals surface area contributed by atoms with Gasteiger partial charge in [0.25, 0.3) is 0 Å². The Morgan fingerprint density at radius 2 is 2.00 bits per heavy atom. The lowest BCUT2D eigenvalue weighted by atomic mass is 9.70. The van der Waals surface area contributed by atoms with Gasteiger partial charge in [0.2, 0.25) is 17.7 Å². The molecule has 178 valence electrons. The maximum absolute atomic E-state index is 14.0. The monoisotopic (exact) mass is 463 g/mol. The van der Waals surface area contributed by atoms with Crippen LogP contribution in [-0.2, 0) is 14.4 Å². The number of aliphatic hydroxyl groups is 1. The zero-order valence-electron chi connectivity index (χ0n) is 19.5. The molecule has 3 heterocycles. The van der Waals surface area contributed by atoms with Gasteiger partial charge < -0.3 is 19.8 Å². The first kappa shape index (κ1) is 24.8. The molecule has 0 aliphatic carbocycles. The third-order valence-corrected chi connectivity index (χ3v) is 9.24. The van der Waals surface area contributed by atoms with Crippen molar-refractivity contribution in [3.63, 3.8) is 0 Å². The summed E-state index contributed by atoms with van der Waals surface area (Å²) in [7, 11) is 1.74. The normalized spacial score (nSPS) is 31.4. The molecule has 0 saturated carbocycles. The first-order valence-electron chi connectivity index (χ1n) is 11.6. The highest BCUT2D eigenvalue weighted by Gasteiger charge is 2.73. The highest BCUT2D eigenvalue weighted by Crippen LogP contribution is 2.66. The second kappa shape index (κ2) is 10.00. The van der Waals surface area contributed by atoms with E-state index in [9.17, 15) is 19.5 Å². The molecule has 3 aliphatic heterocycles. The third-order valence-electron chi connectivity index (χ3n) is 7.29. The lowest BCUT2D eigenvalue weighted by Gasteiger charge is -2.39. The largest absolute Gasteiger partial charge is 0.395 e. The molecule has 2 bridgehead atoms. The number of likely N-dealkylation sites (tertiary alicyclic amines) is 1. The van der Waals surface area contributed by atoms with E-state index in [2.05, 4.69) is 20.1 Å². The van der Waals surface area contributed by atoms with Crippen LogP contribution in [0.4, 0.5) is 0 Å². The molecule has 3 unspecified atom stereocenters. The maximum atomic E-state index is 14.0. The molecule has 3 aliphatic rings. The van der Waals surface area contributed by atoms with E-state index in [1.807, 2.05) is 11.8 Å². The van der Waals surface area contributed by atoms with Crippen LogP contribution >= 0.6 is 11.8 Å². The Bertz CT molecular complexity index is 774. The fourth-order valence-corrected chi connectivity index (χ4v) is 8.16. The van der Waals surface area contributed by atoms with E-state index in [0.29, 0.717) is 13.1 Å². The van der Waals surface area contributed by atoms with Gasteiger partial charge in [-0.15, -0.1) is 24.9 Å². The Hall–Kier alpha value is -1.80. The van der Waals surface area contributed by atoms with Crippen molar-refractivity contribution < 1.29 is 19.5 Å². The topological polar surface area (TPSA) is 81.2 Å². The number of likely N-dealkylation sites (N-methyl/N-ethyl adjacent to an activating group) is 1. The number of carbonyl (C=O) groups excluding carboxylic acids is 3. The van der Waals surface area contributed by atoms with Gasteiger partial charge in [0.1, 0.15) is 6.04 Å². The fourth-order valence-electron chi connectivity index (χ4n) is 5.96. The van der Waals surface area contributed by atoms with Crippen molar-refractivity contribution in [2.75, 3.05) is 33.3 Å². The van der Waals surface area contributed by atoms with Crippen LogP contribution in [0.2, 0.25) is 0 Å². The number of fused-ring (bicyclic) bond motifs is 1. The second-order valence-corrected chi connectivity index (χ2v) is 10.8. The average Bonchev–Trinajstić information content (AvgIpc) is 3.39. The lowest BCUT2D eigenvalue weighted by Crippen LogP contribution is -2.56. The molecule has 3 saturated heterocycles. The summed E-state index contributed by atoms with van der Waals surface area (Å²) in [6.07, 6.45) is 6.76. The van der Waals surface area contributed by atoms with Crippen LogP contribution in [0.1, 0.15) is 39.5 Å². The molecule has 8 heteroatoms. The van der Waals surface area contributed by atoms with Crippen LogP contribution in [0.25, 0.3) is 0 Å². The minimum atomic E-state index is -0.663. The van der Waals surface area contributed by atoms with E-state index in [0.717, 1.165) is 25.7 Å². The van der Waals surface area contributed by atoms with Crippen molar-refractivity contribution in [1.29, 1.82) is 0 Å². The molecule has 6 atom stereocenters. The molecule has 0 aromatic carbocycles. The van der Waals surface area contributed by atoms with Crippen molar-refractivity contribution in [2.24, 2.45) is 11.8 Å². The number of hydrogen-bond acceptors (Lipinski definition) is 5. The number of hydrogen-bond donors (Lipinski definition) is 1. The second-order valence-electron chi connectivity index (χ2n) is 9.24. The summed E-state index contributed by atoms with van der Waals surface area (Å²) in [5, 5.41) is 9.75. The standard InChI is InChI=1S/C24H37N3O4S/c1-6-9-16(4)26(13-8-3)23(31)20-24-11-10-17(32-24)18(21(29)25(5)12-7-2)19(24)22(30)27(20)14-15-28/h7-8,16-20,28H,2-3,6,9-15H2,1,4-5H3/t16?,17-,18+,19-,20?,24?/m0/s1. The van der Waals surface area contributed by atoms with Crippen molar-refractivity contribution in [3.05, 3.63) is 25.3 Å². The molecule has 0 aromatic heterocycles. The molecule has 7 nitrogen and oxygen atoms in total. The molecule has 3 rings (SSSR count). The molecular formula is C24H37N3O4S. The molecule has 0 aromatic rings. The zero-order valence-corrected chi connectivity index (χ0v) is 20.4. The van der Waals surface area contributed by atoms with E-state index < -0.39 is 22.6 Å². The smallest absolute Gasteiger partial charge is 0.247 e. The number of rotatable bonds is 11. The van der Waals surface area contributed by atoms with Gasteiger partial charge in [0.05, 0.1) is 23.2 Å². The first-order valence-corrected chi connectivity index (χ1v) is 12.5. The van der Waals surface area contributed by atoms with Crippen LogP contribution in [-0.4, -0.2) is 92.9 Å². The van der Waals surface area contributed by atoms with Gasteiger partial charge in [-0.25, -0.2) is 0 Å². The quantitative estimate of drug-likeness (QED) is 0.474. The third kappa shape index (κ3) is 3.89. The number of thioether (sulfide) groups is 1. The Balaban J connectivity index is 2.01. The molecule has 1 N–H and O–H groups in total. The molecular weight excluding hydrogens is 426 g/mol. The van der Waals surface area contributed by atoms with Crippen molar-refractivity contribution in [3.8, 4) is 0 Å². The summed E-state index contributed by atoms with van der Waals surface area (Å²) < 4.78 is -0.616. The number of amides is 3. The van der Waals surface area contributed by atoms with E-state index in [-0.39, 0.29) is 42.2 Å². The SMILES string of the molecule is C=CCN(C)C(=O)[C@@H]1[C@@H]2CCC3(S2)C(C(=O)N(CC=C)C(C)CCC)N(CCO)C(=O)[C@H]13. The van der Waals surface area contributed by atoms with Crippen molar-refractivity contribution in [1.82, 2.24) is 14.7 Å². The average molecular weight is 464 g/mol. The minimum absolute atomic E-state index is 0.0202. The Morgan fingerprint density at radius 1 is 1.31 bits per heavy atom. The van der Waals surface area contributed by atoms with E-state index in [4.69, 9.17) is 0 Å². The predicted octanol–water partition coefficient (Wildman–Crippen LogP) is 1.92. The van der Waals surface area contributed by atoms with Gasteiger partial charge in [-0.05, 0) is 26.2 Å². The molecule has 1 spiro atoms. The zero-order chi connectivity index (χ0) is 23.6. The highest BCUT2D eigenvalue weighted by molar-refractivity contribution is 8.02. The molecule has 3 amide bonds. The van der Waals surface area contributed by atoms with Gasteiger partial charge >= 0.3 is 0 Å².